The second-order valence-corrected chi connectivity index (χ2v) is 13.5. The summed E-state index contributed by atoms with van der Waals surface area (Å²) in [5.41, 5.74) is 4.38. The van der Waals surface area contributed by atoms with E-state index >= 15 is 0 Å². The predicted molar refractivity (Wildman–Crippen MR) is 138 cm³/mol. The van der Waals surface area contributed by atoms with E-state index in [2.05, 4.69) is 54.5 Å². The van der Waals surface area contributed by atoms with Crippen LogP contribution in [0.3, 0.4) is 0 Å². The summed E-state index contributed by atoms with van der Waals surface area (Å²) in [7, 11) is 0. The molecule has 0 amide bonds. The van der Waals surface area contributed by atoms with E-state index in [0.717, 1.165) is 44.9 Å². The first-order valence-electron chi connectivity index (χ1n) is 13.9. The highest BCUT2D eigenvalue weighted by Gasteiger charge is 2.61. The molecule has 3 fully saturated rings. The van der Waals surface area contributed by atoms with E-state index in [1.165, 1.54) is 36.5 Å². The van der Waals surface area contributed by atoms with Crippen molar-refractivity contribution in [1.82, 2.24) is 0 Å². The molecule has 3 saturated carbocycles. The van der Waals surface area contributed by atoms with Crippen molar-refractivity contribution in [3.8, 4) is 0 Å². The van der Waals surface area contributed by atoms with Crippen molar-refractivity contribution < 1.29 is 14.3 Å². The van der Waals surface area contributed by atoms with Crippen LogP contribution >= 0.6 is 0 Å². The number of fused-ring (bicyclic) bond motifs is 4. The van der Waals surface area contributed by atoms with Crippen LogP contribution in [0.1, 0.15) is 113 Å². The number of ether oxygens (including phenoxy) is 1. The van der Waals surface area contributed by atoms with Crippen molar-refractivity contribution in [3.63, 3.8) is 0 Å². The summed E-state index contributed by atoms with van der Waals surface area (Å²) in [5.74, 6) is 2.38. The number of carbonyl (C=O) groups excluding carboxylic acids is 2. The molecule has 0 heterocycles. The molecular formula is C31H48O3. The Labute approximate surface area is 208 Å². The summed E-state index contributed by atoms with van der Waals surface area (Å²) >= 11 is 0. The van der Waals surface area contributed by atoms with Gasteiger partial charge in [-0.15, -0.1) is 0 Å². The summed E-state index contributed by atoms with van der Waals surface area (Å²) < 4.78 is 5.82. The summed E-state index contributed by atoms with van der Waals surface area (Å²) in [6.07, 6.45) is 12.0. The number of hydrogen-bond donors (Lipinski definition) is 0. The average Bonchev–Trinajstić information content (AvgIpc) is 3.00. The summed E-state index contributed by atoms with van der Waals surface area (Å²) in [6.45, 7) is 17.8. The fourth-order valence-electron chi connectivity index (χ4n) is 9.26. The Kier molecular flexibility index (Phi) is 6.75. The predicted octanol–water partition coefficient (Wildman–Crippen LogP) is 7.84. The second kappa shape index (κ2) is 8.93. The van der Waals surface area contributed by atoms with Gasteiger partial charge in [0.25, 0.3) is 0 Å². The first-order valence-corrected chi connectivity index (χ1v) is 13.9. The van der Waals surface area contributed by atoms with Crippen LogP contribution in [-0.2, 0) is 14.3 Å². The molecule has 3 nitrogen and oxygen atoms in total. The Morgan fingerprint density at radius 3 is 2.44 bits per heavy atom. The Morgan fingerprint density at radius 1 is 1.09 bits per heavy atom. The van der Waals surface area contributed by atoms with Gasteiger partial charge in [-0.2, -0.15) is 0 Å². The number of ketones is 1. The van der Waals surface area contributed by atoms with Gasteiger partial charge in [-0.05, 0) is 99.7 Å². The molecule has 7 atom stereocenters. The molecule has 4 rings (SSSR count). The SMILES string of the molecule is CC(=O)O[C@H]1CC[C@]2(C)[C@H]3CC[C@@]4(C)C(=C3CC[C@H]2C1(C)C)C(=O)C[C@@H]4[C@H](C)CCC=C(C)C. The largest absolute Gasteiger partial charge is 0.462 e. The Morgan fingerprint density at radius 2 is 1.79 bits per heavy atom. The minimum absolute atomic E-state index is 0.00489. The lowest BCUT2D eigenvalue weighted by Gasteiger charge is -2.61. The number of hydrogen-bond acceptors (Lipinski definition) is 3. The van der Waals surface area contributed by atoms with Crippen LogP contribution in [0, 0.1) is 39.9 Å². The van der Waals surface area contributed by atoms with Crippen LogP contribution in [-0.4, -0.2) is 17.9 Å². The molecule has 3 heteroatoms. The normalized spacial score (nSPS) is 39.6. The van der Waals surface area contributed by atoms with Gasteiger partial charge in [0.2, 0.25) is 0 Å². The highest BCUT2D eigenvalue weighted by molar-refractivity contribution is 6.00. The van der Waals surface area contributed by atoms with Crippen LogP contribution in [0.15, 0.2) is 22.8 Å². The third-order valence-corrected chi connectivity index (χ3v) is 10.9. The first kappa shape index (κ1) is 25.7. The second-order valence-electron chi connectivity index (χ2n) is 13.5. The Hall–Kier alpha value is -1.38. The molecule has 34 heavy (non-hydrogen) atoms. The van der Waals surface area contributed by atoms with Crippen molar-refractivity contribution in [2.45, 2.75) is 119 Å². The van der Waals surface area contributed by atoms with Gasteiger partial charge < -0.3 is 4.74 Å². The molecule has 0 radical (unpaired) electrons. The average molecular weight is 469 g/mol. The van der Waals surface area contributed by atoms with Gasteiger partial charge >= 0.3 is 5.97 Å². The maximum absolute atomic E-state index is 13.6. The highest BCUT2D eigenvalue weighted by Crippen LogP contribution is 2.67. The summed E-state index contributed by atoms with van der Waals surface area (Å²) in [5, 5.41) is 0. The minimum Gasteiger partial charge on any atom is -0.462 e. The molecule has 4 aliphatic carbocycles. The van der Waals surface area contributed by atoms with Crippen LogP contribution < -0.4 is 0 Å². The van der Waals surface area contributed by atoms with Crippen LogP contribution in [0.4, 0.5) is 0 Å². The molecule has 0 spiro atoms. The van der Waals surface area contributed by atoms with Crippen LogP contribution in [0.5, 0.6) is 0 Å². The molecule has 0 aromatic heterocycles. The van der Waals surface area contributed by atoms with E-state index in [-0.39, 0.29) is 28.3 Å². The Bertz CT molecular complexity index is 904. The third kappa shape index (κ3) is 4.03. The summed E-state index contributed by atoms with van der Waals surface area (Å²) in [4.78, 5) is 25.4. The molecule has 0 aromatic carbocycles. The van der Waals surface area contributed by atoms with Crippen molar-refractivity contribution in [2.75, 3.05) is 0 Å². The third-order valence-electron chi connectivity index (χ3n) is 10.9. The molecule has 190 valence electrons. The lowest BCUT2D eigenvalue weighted by Crippen LogP contribution is -2.56. The fraction of sp³-hybridized carbons (Fsp3) is 0.806. The molecule has 0 unspecified atom stereocenters. The van der Waals surface area contributed by atoms with Crippen LogP contribution in [0.2, 0.25) is 0 Å². The molecule has 0 aliphatic heterocycles. The van der Waals surface area contributed by atoms with E-state index in [1.807, 2.05) is 0 Å². The van der Waals surface area contributed by atoms with Crippen molar-refractivity contribution in [1.29, 1.82) is 0 Å². The molecule has 0 N–H and O–H groups in total. The highest BCUT2D eigenvalue weighted by atomic mass is 16.5. The monoisotopic (exact) mass is 468 g/mol. The van der Waals surface area contributed by atoms with Gasteiger partial charge in [-0.1, -0.05) is 51.8 Å². The van der Waals surface area contributed by atoms with Crippen LogP contribution in [0.25, 0.3) is 0 Å². The lowest BCUT2D eigenvalue weighted by molar-refractivity contribution is -0.175. The van der Waals surface area contributed by atoms with E-state index < -0.39 is 0 Å². The molecule has 4 aliphatic rings. The number of rotatable bonds is 5. The van der Waals surface area contributed by atoms with Gasteiger partial charge in [0.15, 0.2) is 5.78 Å². The van der Waals surface area contributed by atoms with E-state index in [4.69, 9.17) is 4.74 Å². The number of carbonyl (C=O) groups is 2. The first-order chi connectivity index (χ1) is 15.8. The zero-order chi connectivity index (χ0) is 25.1. The Balaban J connectivity index is 1.63. The zero-order valence-electron chi connectivity index (χ0n) is 23.1. The number of esters is 1. The maximum Gasteiger partial charge on any atom is 0.302 e. The molecule has 0 aromatic rings. The van der Waals surface area contributed by atoms with E-state index in [9.17, 15) is 9.59 Å². The van der Waals surface area contributed by atoms with Gasteiger partial charge in [-0.3, -0.25) is 9.59 Å². The van der Waals surface area contributed by atoms with E-state index in [1.54, 1.807) is 0 Å². The van der Waals surface area contributed by atoms with Crippen molar-refractivity contribution in [2.24, 2.45) is 39.9 Å². The fourth-order valence-corrected chi connectivity index (χ4v) is 9.26. The zero-order valence-corrected chi connectivity index (χ0v) is 23.1. The van der Waals surface area contributed by atoms with E-state index in [0.29, 0.717) is 29.5 Å². The standard InChI is InChI=1S/C31H48O3/c1-19(2)10-9-11-20(3)24-18-25(33)28-22-12-13-26-29(5,6)27(34-21(4)32)15-17-30(26,7)23(22)14-16-31(24,28)8/h10,20,23-24,26-27H,9,11-18H2,1-8H3/t20-,23+,24-,26+,27+,30-,31-/m1/s1. The quantitative estimate of drug-likeness (QED) is 0.305. The van der Waals surface area contributed by atoms with Gasteiger partial charge in [0, 0.05) is 24.3 Å². The minimum atomic E-state index is -0.157. The number of allylic oxidation sites excluding steroid dienone is 4. The maximum atomic E-state index is 13.6. The summed E-state index contributed by atoms with van der Waals surface area (Å²) in [6, 6.07) is 0. The molecule has 0 saturated heterocycles. The van der Waals surface area contributed by atoms with Crippen molar-refractivity contribution in [3.05, 3.63) is 22.8 Å². The lowest BCUT2D eigenvalue weighted by atomic mass is 9.44. The smallest absolute Gasteiger partial charge is 0.302 e. The van der Waals surface area contributed by atoms with Gasteiger partial charge in [0.05, 0.1) is 0 Å². The molecular weight excluding hydrogens is 420 g/mol. The van der Waals surface area contributed by atoms with Gasteiger partial charge in [0.1, 0.15) is 6.10 Å². The molecule has 0 bridgehead atoms. The van der Waals surface area contributed by atoms with Gasteiger partial charge in [-0.25, -0.2) is 0 Å². The number of Topliss-reactive ketones (excluding diaryl/α,β-unsaturated/α-hetero) is 1. The van der Waals surface area contributed by atoms with Crippen molar-refractivity contribution >= 4 is 11.8 Å². The topological polar surface area (TPSA) is 43.4 Å².